The first kappa shape index (κ1) is 26.7. The number of anilines is 3. The molecule has 3 aromatic heterocycles. The van der Waals surface area contributed by atoms with Crippen molar-refractivity contribution in [3.8, 4) is 11.1 Å². The van der Waals surface area contributed by atoms with E-state index in [2.05, 4.69) is 52.9 Å². The number of piperazine rings is 1. The first-order valence-electron chi connectivity index (χ1n) is 14.5. The van der Waals surface area contributed by atoms with Gasteiger partial charge in [-0.25, -0.2) is 19.3 Å². The van der Waals surface area contributed by atoms with Gasteiger partial charge >= 0.3 is 0 Å². The second kappa shape index (κ2) is 10.9. The Labute approximate surface area is 242 Å². The maximum absolute atomic E-state index is 14.5. The molecule has 7 rings (SSSR count). The lowest BCUT2D eigenvalue weighted by atomic mass is 9.89. The Morgan fingerprint density at radius 3 is 2.36 bits per heavy atom. The van der Waals surface area contributed by atoms with Crippen molar-refractivity contribution in [3.63, 3.8) is 0 Å². The van der Waals surface area contributed by atoms with Crippen LogP contribution < -0.4 is 11.1 Å². The van der Waals surface area contributed by atoms with Crippen molar-refractivity contribution >= 4 is 39.4 Å². The van der Waals surface area contributed by atoms with Gasteiger partial charge in [0.25, 0.3) is 0 Å². The first-order valence-corrected chi connectivity index (χ1v) is 14.5. The quantitative estimate of drug-likeness (QED) is 0.272. The molecule has 1 aliphatic heterocycles. The number of rotatable bonds is 5. The number of fused-ring (bicyclic) bond motifs is 2. The molecule has 5 aromatic rings. The van der Waals surface area contributed by atoms with Crippen molar-refractivity contribution in [2.45, 2.75) is 37.8 Å². The molecule has 11 heteroatoms. The number of nitrogens with two attached hydrogens (primary N) is 1. The summed E-state index contributed by atoms with van der Waals surface area (Å²) in [5.74, 6) is -1.08. The number of benzene rings is 2. The smallest absolute Gasteiger partial charge is 0.230 e. The minimum absolute atomic E-state index is 0.0553. The molecule has 2 fully saturated rings. The van der Waals surface area contributed by atoms with E-state index in [1.54, 1.807) is 6.07 Å². The number of nitrogens with zero attached hydrogens (tertiary/aromatic N) is 7. The van der Waals surface area contributed by atoms with Crippen molar-refractivity contribution in [3.05, 3.63) is 66.8 Å². The lowest BCUT2D eigenvalue weighted by Crippen LogP contribution is -2.49. The van der Waals surface area contributed by atoms with Gasteiger partial charge in [0.15, 0.2) is 0 Å². The van der Waals surface area contributed by atoms with Crippen LogP contribution in [0.15, 0.2) is 55.0 Å². The molecule has 216 valence electrons. The molecule has 0 amide bonds. The third kappa shape index (κ3) is 4.92. The summed E-state index contributed by atoms with van der Waals surface area (Å²) in [5, 5.41) is 3.66. The molecule has 0 radical (unpaired) electrons. The molecule has 2 aliphatic rings. The third-order valence-corrected chi connectivity index (χ3v) is 8.83. The second-order valence-electron chi connectivity index (χ2n) is 11.4. The summed E-state index contributed by atoms with van der Waals surface area (Å²) in [6, 6.07) is 12.9. The van der Waals surface area contributed by atoms with Crippen LogP contribution in [0, 0.1) is 11.8 Å². The van der Waals surface area contributed by atoms with Gasteiger partial charge in [-0.2, -0.15) is 9.37 Å². The fourth-order valence-electron chi connectivity index (χ4n) is 6.51. The zero-order valence-corrected chi connectivity index (χ0v) is 23.5. The first-order chi connectivity index (χ1) is 20.4. The number of halogens is 2. The summed E-state index contributed by atoms with van der Waals surface area (Å²) in [5.41, 5.74) is 10.1. The van der Waals surface area contributed by atoms with Gasteiger partial charge in [0, 0.05) is 55.7 Å². The standard InChI is InChI=1S/C31H33F2N9/c1-40-13-15-41(16-14-40)21-9-11-22(12-10-21)42-17-23(26-29(34)35-18-36-30(26)42)19-5-7-20(8-6-19)37-31-38-25-4-2-3-24(32)27(25)28(33)39-31/h2-8,17-18,21-22H,9-16H2,1H3,(H2,34,35,36)(H,37,38,39)/t21-,22+. The van der Waals surface area contributed by atoms with E-state index in [1.165, 1.54) is 31.3 Å². The molecule has 2 aromatic carbocycles. The fourth-order valence-corrected chi connectivity index (χ4v) is 6.51. The third-order valence-electron chi connectivity index (χ3n) is 8.83. The topological polar surface area (TPSA) is 101 Å². The van der Waals surface area contributed by atoms with Gasteiger partial charge in [-0.05, 0) is 62.6 Å². The van der Waals surface area contributed by atoms with E-state index >= 15 is 0 Å². The molecule has 1 saturated carbocycles. The van der Waals surface area contributed by atoms with Crippen LogP contribution in [0.1, 0.15) is 31.7 Å². The van der Waals surface area contributed by atoms with E-state index < -0.39 is 11.8 Å². The SMILES string of the molecule is CN1CCN([C@H]2CC[C@@H](n3cc(-c4ccc(Nc5nc(F)c6c(F)cccc6n5)cc4)c4c(N)ncnc43)CC2)CC1. The van der Waals surface area contributed by atoms with E-state index in [4.69, 9.17) is 5.73 Å². The Morgan fingerprint density at radius 2 is 1.60 bits per heavy atom. The molecule has 0 spiro atoms. The monoisotopic (exact) mass is 569 g/mol. The zero-order valence-electron chi connectivity index (χ0n) is 23.5. The van der Waals surface area contributed by atoms with Crippen molar-refractivity contribution < 1.29 is 8.78 Å². The predicted octanol–water partition coefficient (Wildman–Crippen LogP) is 5.38. The Morgan fingerprint density at radius 1 is 0.857 bits per heavy atom. The summed E-state index contributed by atoms with van der Waals surface area (Å²) in [4.78, 5) is 22.1. The average molecular weight is 570 g/mol. The zero-order chi connectivity index (χ0) is 28.8. The Balaban J connectivity index is 1.13. The summed E-state index contributed by atoms with van der Waals surface area (Å²) in [6.45, 7) is 4.58. The summed E-state index contributed by atoms with van der Waals surface area (Å²) >= 11 is 0. The maximum Gasteiger partial charge on any atom is 0.230 e. The van der Waals surface area contributed by atoms with Crippen LogP contribution in [0.3, 0.4) is 0 Å². The Bertz CT molecular complexity index is 1740. The average Bonchev–Trinajstić information content (AvgIpc) is 3.39. The molecule has 0 atom stereocenters. The molecule has 1 saturated heterocycles. The van der Waals surface area contributed by atoms with Gasteiger partial charge in [-0.3, -0.25) is 4.90 Å². The van der Waals surface area contributed by atoms with E-state index in [0.717, 1.165) is 61.2 Å². The molecular weight excluding hydrogens is 536 g/mol. The van der Waals surface area contributed by atoms with Gasteiger partial charge in [-0.15, -0.1) is 0 Å². The van der Waals surface area contributed by atoms with Gasteiger partial charge in [0.05, 0.1) is 16.3 Å². The second-order valence-corrected chi connectivity index (χ2v) is 11.4. The molecule has 1 aliphatic carbocycles. The highest BCUT2D eigenvalue weighted by molar-refractivity contribution is 6.00. The lowest BCUT2D eigenvalue weighted by Gasteiger charge is -2.41. The molecule has 3 N–H and O–H groups in total. The lowest BCUT2D eigenvalue weighted by molar-refractivity contribution is 0.0828. The maximum atomic E-state index is 14.5. The number of nitrogen functional groups attached to an aromatic ring is 1. The molecule has 0 bridgehead atoms. The highest BCUT2D eigenvalue weighted by Gasteiger charge is 2.30. The molecule has 9 nitrogen and oxygen atoms in total. The Hall–Kier alpha value is -4.22. The van der Waals surface area contributed by atoms with Crippen molar-refractivity contribution in [2.24, 2.45) is 0 Å². The molecular formula is C31H33F2N9. The van der Waals surface area contributed by atoms with Crippen LogP contribution >= 0.6 is 0 Å². The van der Waals surface area contributed by atoms with E-state index in [-0.39, 0.29) is 16.9 Å². The summed E-state index contributed by atoms with van der Waals surface area (Å²) in [7, 11) is 2.20. The molecule has 42 heavy (non-hydrogen) atoms. The minimum atomic E-state index is -0.905. The highest BCUT2D eigenvalue weighted by Crippen LogP contribution is 2.39. The number of nitrogens with one attached hydrogen (secondary N) is 1. The molecule has 4 heterocycles. The van der Waals surface area contributed by atoms with Crippen molar-refractivity contribution in [2.75, 3.05) is 44.3 Å². The molecule has 0 unspecified atom stereocenters. The van der Waals surface area contributed by atoms with Crippen LogP contribution in [0.25, 0.3) is 33.1 Å². The number of hydrogen-bond acceptors (Lipinski definition) is 8. The van der Waals surface area contributed by atoms with Crippen LogP contribution in [0.2, 0.25) is 0 Å². The summed E-state index contributed by atoms with van der Waals surface area (Å²) in [6.07, 6.45) is 8.24. The summed E-state index contributed by atoms with van der Waals surface area (Å²) < 4.78 is 30.8. The largest absolute Gasteiger partial charge is 0.383 e. The van der Waals surface area contributed by atoms with Gasteiger partial charge < -0.3 is 20.5 Å². The van der Waals surface area contributed by atoms with Crippen LogP contribution in [0.4, 0.5) is 26.2 Å². The van der Waals surface area contributed by atoms with Crippen LogP contribution in [-0.4, -0.2) is 73.6 Å². The minimum Gasteiger partial charge on any atom is -0.383 e. The number of aromatic nitrogens is 5. The van der Waals surface area contributed by atoms with E-state index in [1.807, 2.05) is 24.3 Å². The van der Waals surface area contributed by atoms with Gasteiger partial charge in [0.1, 0.15) is 23.6 Å². The van der Waals surface area contributed by atoms with E-state index in [9.17, 15) is 8.78 Å². The van der Waals surface area contributed by atoms with Crippen molar-refractivity contribution in [1.29, 1.82) is 0 Å². The van der Waals surface area contributed by atoms with E-state index in [0.29, 0.717) is 23.6 Å². The van der Waals surface area contributed by atoms with Gasteiger partial charge in [-0.1, -0.05) is 18.2 Å². The van der Waals surface area contributed by atoms with Crippen LogP contribution in [-0.2, 0) is 0 Å². The number of likely N-dealkylation sites (N-methyl/N-ethyl adjacent to an activating group) is 1. The van der Waals surface area contributed by atoms with Crippen molar-refractivity contribution in [1.82, 2.24) is 34.3 Å². The fraction of sp³-hybridized carbons (Fsp3) is 0.355. The number of hydrogen-bond donors (Lipinski definition) is 2. The van der Waals surface area contributed by atoms with Gasteiger partial charge in [0.2, 0.25) is 11.9 Å². The predicted molar refractivity (Wildman–Crippen MR) is 160 cm³/mol. The Kier molecular flexibility index (Phi) is 6.91. The highest BCUT2D eigenvalue weighted by atomic mass is 19.1. The van der Waals surface area contributed by atoms with Crippen LogP contribution in [0.5, 0.6) is 0 Å². The normalized spacial score (nSPS) is 20.4.